The van der Waals surface area contributed by atoms with Crippen molar-refractivity contribution in [3.05, 3.63) is 28.5 Å². The van der Waals surface area contributed by atoms with E-state index in [-0.39, 0.29) is 23.0 Å². The summed E-state index contributed by atoms with van der Waals surface area (Å²) in [6.07, 6.45) is 2.12. The number of nitrogens with zero attached hydrogens (tertiary/aromatic N) is 2. The molecular formula is C12H16Cl2N2O3. The van der Waals surface area contributed by atoms with Gasteiger partial charge < -0.3 is 9.84 Å². The average Bonchev–Trinajstić information content (AvgIpc) is 2.38. The summed E-state index contributed by atoms with van der Waals surface area (Å²) in [5, 5.41) is 9.15. The number of carbonyl (C=O) groups is 1. The first-order chi connectivity index (χ1) is 8.66. The third-order valence-corrected chi connectivity index (χ3v) is 3.23. The third-order valence-electron chi connectivity index (χ3n) is 2.93. The Morgan fingerprint density at radius 2 is 2.16 bits per heavy atom. The lowest BCUT2D eigenvalue weighted by molar-refractivity contribution is 0.0383. The van der Waals surface area contributed by atoms with Crippen molar-refractivity contribution in [2.45, 2.75) is 6.42 Å². The second kappa shape index (κ2) is 7.65. The van der Waals surface area contributed by atoms with Crippen LogP contribution in [-0.2, 0) is 11.2 Å². The first kappa shape index (κ1) is 16.2. The van der Waals surface area contributed by atoms with Crippen LogP contribution in [0.1, 0.15) is 16.1 Å². The molecule has 2 rings (SSSR count). The van der Waals surface area contributed by atoms with E-state index in [1.165, 1.54) is 6.20 Å². The van der Waals surface area contributed by atoms with Crippen LogP contribution in [0.15, 0.2) is 12.3 Å². The Morgan fingerprint density at radius 1 is 1.47 bits per heavy atom. The number of pyridine rings is 1. The van der Waals surface area contributed by atoms with Gasteiger partial charge in [0.1, 0.15) is 0 Å². The summed E-state index contributed by atoms with van der Waals surface area (Å²) in [5.74, 6) is -1.02. The van der Waals surface area contributed by atoms with Crippen molar-refractivity contribution < 1.29 is 14.6 Å². The zero-order valence-corrected chi connectivity index (χ0v) is 11.9. The highest BCUT2D eigenvalue weighted by atomic mass is 35.5. The van der Waals surface area contributed by atoms with E-state index in [4.69, 9.17) is 21.4 Å². The molecule has 0 radical (unpaired) electrons. The van der Waals surface area contributed by atoms with Crippen molar-refractivity contribution >= 4 is 30.0 Å². The molecule has 0 aromatic carbocycles. The summed E-state index contributed by atoms with van der Waals surface area (Å²) in [7, 11) is 0. The van der Waals surface area contributed by atoms with Gasteiger partial charge in [-0.15, -0.1) is 12.4 Å². The Bertz CT molecular complexity index is 437. The zero-order valence-electron chi connectivity index (χ0n) is 10.3. The van der Waals surface area contributed by atoms with Gasteiger partial charge in [0.25, 0.3) is 0 Å². The highest BCUT2D eigenvalue weighted by Gasteiger charge is 2.13. The molecule has 1 aromatic heterocycles. The van der Waals surface area contributed by atoms with Crippen LogP contribution >= 0.6 is 24.0 Å². The molecule has 0 amide bonds. The van der Waals surface area contributed by atoms with Gasteiger partial charge in [-0.3, -0.25) is 9.88 Å². The van der Waals surface area contributed by atoms with E-state index in [1.807, 2.05) is 0 Å². The molecule has 1 N–H and O–H groups in total. The van der Waals surface area contributed by atoms with Gasteiger partial charge in [0, 0.05) is 37.9 Å². The zero-order chi connectivity index (χ0) is 13.0. The molecule has 19 heavy (non-hydrogen) atoms. The minimum atomic E-state index is -1.02. The van der Waals surface area contributed by atoms with Crippen molar-refractivity contribution in [1.29, 1.82) is 0 Å². The Morgan fingerprint density at radius 3 is 2.79 bits per heavy atom. The molecule has 5 nitrogen and oxygen atoms in total. The number of halogens is 2. The van der Waals surface area contributed by atoms with Gasteiger partial charge in [0.2, 0.25) is 0 Å². The van der Waals surface area contributed by atoms with E-state index < -0.39 is 5.97 Å². The van der Waals surface area contributed by atoms with E-state index in [2.05, 4.69) is 9.88 Å². The number of ether oxygens (including phenoxy) is 1. The van der Waals surface area contributed by atoms with Crippen molar-refractivity contribution in [2.75, 3.05) is 32.8 Å². The summed E-state index contributed by atoms with van der Waals surface area (Å²) in [4.78, 5) is 17.4. The van der Waals surface area contributed by atoms with Crippen LogP contribution in [0.4, 0.5) is 0 Å². The standard InChI is InChI=1S/C12H15ClN2O3.ClH/c13-11-8-14-9(7-10(11)12(16)17)1-2-15-3-5-18-6-4-15;/h7-8H,1-6H2,(H,16,17);1H. The van der Waals surface area contributed by atoms with Crippen LogP contribution in [-0.4, -0.2) is 53.8 Å². The smallest absolute Gasteiger partial charge is 0.337 e. The number of rotatable bonds is 4. The molecule has 1 saturated heterocycles. The van der Waals surface area contributed by atoms with Gasteiger partial charge in [-0.25, -0.2) is 4.79 Å². The SMILES string of the molecule is Cl.O=C(O)c1cc(CCN2CCOCC2)ncc1Cl. The Hall–Kier alpha value is -0.880. The van der Waals surface area contributed by atoms with Gasteiger partial charge in [-0.1, -0.05) is 11.6 Å². The quantitative estimate of drug-likeness (QED) is 0.918. The fourth-order valence-corrected chi connectivity index (χ4v) is 2.06. The number of morpholine rings is 1. The monoisotopic (exact) mass is 306 g/mol. The molecule has 1 aliphatic rings. The average molecular weight is 307 g/mol. The molecule has 0 bridgehead atoms. The van der Waals surface area contributed by atoms with E-state index in [0.717, 1.165) is 45.0 Å². The fraction of sp³-hybridized carbons (Fsp3) is 0.500. The minimum Gasteiger partial charge on any atom is -0.478 e. The van der Waals surface area contributed by atoms with E-state index in [0.29, 0.717) is 0 Å². The molecule has 2 heterocycles. The van der Waals surface area contributed by atoms with E-state index in [9.17, 15) is 4.79 Å². The van der Waals surface area contributed by atoms with Gasteiger partial charge in [-0.2, -0.15) is 0 Å². The maximum absolute atomic E-state index is 10.9. The maximum atomic E-state index is 10.9. The van der Waals surface area contributed by atoms with Crippen LogP contribution in [0.5, 0.6) is 0 Å². The molecule has 0 aliphatic carbocycles. The second-order valence-corrected chi connectivity index (χ2v) is 4.57. The predicted octanol–water partition coefficient (Wildman–Crippen LogP) is 1.73. The van der Waals surface area contributed by atoms with E-state index >= 15 is 0 Å². The number of carboxylic acids is 1. The first-order valence-electron chi connectivity index (χ1n) is 5.84. The number of aromatic nitrogens is 1. The highest BCUT2D eigenvalue weighted by molar-refractivity contribution is 6.33. The second-order valence-electron chi connectivity index (χ2n) is 4.16. The normalized spacial score (nSPS) is 15.8. The highest BCUT2D eigenvalue weighted by Crippen LogP contribution is 2.16. The maximum Gasteiger partial charge on any atom is 0.337 e. The number of hydrogen-bond acceptors (Lipinski definition) is 4. The van der Waals surface area contributed by atoms with Crippen molar-refractivity contribution in [3.8, 4) is 0 Å². The van der Waals surface area contributed by atoms with Gasteiger partial charge in [0.15, 0.2) is 0 Å². The molecule has 1 aliphatic heterocycles. The van der Waals surface area contributed by atoms with Crippen molar-refractivity contribution in [2.24, 2.45) is 0 Å². The molecule has 1 aromatic rings. The van der Waals surface area contributed by atoms with Crippen molar-refractivity contribution in [1.82, 2.24) is 9.88 Å². The Balaban J connectivity index is 0.00000180. The summed E-state index contributed by atoms with van der Waals surface area (Å²) in [6, 6.07) is 1.55. The Labute approximate surface area is 122 Å². The van der Waals surface area contributed by atoms with Crippen LogP contribution in [0.3, 0.4) is 0 Å². The number of hydrogen-bond donors (Lipinski definition) is 1. The van der Waals surface area contributed by atoms with Gasteiger partial charge in [-0.05, 0) is 6.07 Å². The van der Waals surface area contributed by atoms with Gasteiger partial charge >= 0.3 is 5.97 Å². The summed E-state index contributed by atoms with van der Waals surface area (Å²) in [6.45, 7) is 4.21. The topological polar surface area (TPSA) is 62.7 Å². The number of carboxylic acid groups (broad SMARTS) is 1. The minimum absolute atomic E-state index is 0. The summed E-state index contributed by atoms with van der Waals surface area (Å²) < 4.78 is 5.27. The molecule has 0 saturated carbocycles. The number of aromatic carboxylic acids is 1. The Kier molecular flexibility index (Phi) is 6.51. The molecule has 7 heteroatoms. The lowest BCUT2D eigenvalue weighted by atomic mass is 10.2. The van der Waals surface area contributed by atoms with Crippen LogP contribution in [0.25, 0.3) is 0 Å². The van der Waals surface area contributed by atoms with Gasteiger partial charge in [0.05, 0.1) is 23.8 Å². The molecular weight excluding hydrogens is 291 g/mol. The lowest BCUT2D eigenvalue weighted by Crippen LogP contribution is -2.37. The molecule has 1 fully saturated rings. The largest absolute Gasteiger partial charge is 0.478 e. The molecule has 106 valence electrons. The first-order valence-corrected chi connectivity index (χ1v) is 6.22. The summed E-state index contributed by atoms with van der Waals surface area (Å²) in [5.41, 5.74) is 0.868. The lowest BCUT2D eigenvalue weighted by Gasteiger charge is -2.26. The van der Waals surface area contributed by atoms with Crippen LogP contribution in [0.2, 0.25) is 5.02 Å². The summed E-state index contributed by atoms with van der Waals surface area (Å²) >= 11 is 5.77. The van der Waals surface area contributed by atoms with E-state index in [1.54, 1.807) is 6.07 Å². The van der Waals surface area contributed by atoms with Crippen LogP contribution in [0, 0.1) is 0 Å². The predicted molar refractivity (Wildman–Crippen MR) is 74.4 cm³/mol. The third kappa shape index (κ3) is 4.62. The molecule has 0 atom stereocenters. The molecule has 0 spiro atoms. The van der Waals surface area contributed by atoms with Crippen LogP contribution < -0.4 is 0 Å². The fourth-order valence-electron chi connectivity index (χ4n) is 1.88. The molecule has 0 unspecified atom stereocenters. The van der Waals surface area contributed by atoms with Crippen molar-refractivity contribution in [3.63, 3.8) is 0 Å².